The molecule has 0 aliphatic carbocycles. The molecule has 1 aromatic carbocycles. The van der Waals surface area contributed by atoms with Gasteiger partial charge in [0.2, 0.25) is 0 Å². The van der Waals surface area contributed by atoms with Gasteiger partial charge in [0.1, 0.15) is 17.6 Å². The molecule has 0 fully saturated rings. The van der Waals surface area contributed by atoms with Gasteiger partial charge in [0, 0.05) is 5.56 Å². The highest BCUT2D eigenvalue weighted by atomic mass is 79.9. The Morgan fingerprint density at radius 3 is 2.74 bits per heavy atom. The molecular weight excluding hydrogens is 306 g/mol. The fourth-order valence-electron chi connectivity index (χ4n) is 2.53. The summed E-state index contributed by atoms with van der Waals surface area (Å²) in [5, 5.41) is 3.60. The number of ether oxygens (including phenoxy) is 2. The standard InChI is InChI=1S/C15H22BrNO2/c1-4-6-13-14(17-7-5-2)11-8-10(18-3)9-12(16)15(11)19-13/h8-9,13-14,17H,4-7H2,1-3H3. The molecule has 1 aromatic rings. The summed E-state index contributed by atoms with van der Waals surface area (Å²) in [7, 11) is 1.70. The van der Waals surface area contributed by atoms with E-state index in [1.807, 2.05) is 6.07 Å². The summed E-state index contributed by atoms with van der Waals surface area (Å²) in [6, 6.07) is 4.31. The highest BCUT2D eigenvalue weighted by molar-refractivity contribution is 9.10. The smallest absolute Gasteiger partial charge is 0.139 e. The third-order valence-electron chi connectivity index (χ3n) is 3.45. The van der Waals surface area contributed by atoms with Gasteiger partial charge in [0.15, 0.2) is 0 Å². The number of methoxy groups -OCH3 is 1. The highest BCUT2D eigenvalue weighted by Gasteiger charge is 2.35. The minimum absolute atomic E-state index is 0.218. The fourth-order valence-corrected chi connectivity index (χ4v) is 3.08. The molecule has 0 spiro atoms. The Bertz CT molecular complexity index is 436. The summed E-state index contributed by atoms with van der Waals surface area (Å²) in [4.78, 5) is 0. The Balaban J connectivity index is 2.31. The molecule has 2 rings (SSSR count). The second-order valence-corrected chi connectivity index (χ2v) is 5.76. The van der Waals surface area contributed by atoms with Gasteiger partial charge in [-0.15, -0.1) is 0 Å². The first-order valence-corrected chi connectivity index (χ1v) is 7.78. The van der Waals surface area contributed by atoms with Crippen molar-refractivity contribution in [2.45, 2.75) is 45.3 Å². The van der Waals surface area contributed by atoms with Crippen molar-refractivity contribution in [3.05, 3.63) is 22.2 Å². The topological polar surface area (TPSA) is 30.5 Å². The molecule has 4 heteroatoms. The zero-order chi connectivity index (χ0) is 13.8. The second-order valence-electron chi connectivity index (χ2n) is 4.90. The van der Waals surface area contributed by atoms with Crippen LogP contribution >= 0.6 is 15.9 Å². The molecule has 0 aromatic heterocycles. The number of fused-ring (bicyclic) bond motifs is 1. The fraction of sp³-hybridized carbons (Fsp3) is 0.600. The normalized spacial score (nSPS) is 21.1. The zero-order valence-electron chi connectivity index (χ0n) is 11.8. The van der Waals surface area contributed by atoms with E-state index in [2.05, 4.69) is 41.2 Å². The van der Waals surface area contributed by atoms with E-state index in [0.29, 0.717) is 0 Å². The number of nitrogens with one attached hydrogen (secondary N) is 1. The van der Waals surface area contributed by atoms with E-state index in [9.17, 15) is 0 Å². The molecule has 2 unspecified atom stereocenters. The van der Waals surface area contributed by atoms with Crippen molar-refractivity contribution in [3.8, 4) is 11.5 Å². The number of halogens is 1. The summed E-state index contributed by atoms with van der Waals surface area (Å²) >= 11 is 3.58. The van der Waals surface area contributed by atoms with E-state index >= 15 is 0 Å². The Kier molecular flexibility index (Phi) is 5.11. The van der Waals surface area contributed by atoms with Gasteiger partial charge in [0.05, 0.1) is 17.6 Å². The first-order valence-electron chi connectivity index (χ1n) is 6.98. The Hall–Kier alpha value is -0.740. The summed E-state index contributed by atoms with van der Waals surface area (Å²) in [6.07, 6.45) is 3.52. The maximum atomic E-state index is 6.12. The van der Waals surface area contributed by atoms with E-state index in [4.69, 9.17) is 9.47 Å². The molecule has 1 heterocycles. The van der Waals surface area contributed by atoms with Crippen LogP contribution in [0.1, 0.15) is 44.7 Å². The van der Waals surface area contributed by atoms with Crippen LogP contribution in [0.4, 0.5) is 0 Å². The monoisotopic (exact) mass is 327 g/mol. The molecule has 1 aliphatic rings. The van der Waals surface area contributed by atoms with Crippen molar-refractivity contribution in [3.63, 3.8) is 0 Å². The van der Waals surface area contributed by atoms with Gasteiger partial charge in [-0.25, -0.2) is 0 Å². The average molecular weight is 328 g/mol. The molecule has 0 radical (unpaired) electrons. The lowest BCUT2D eigenvalue weighted by Gasteiger charge is -2.19. The predicted molar refractivity (Wildman–Crippen MR) is 81.1 cm³/mol. The zero-order valence-corrected chi connectivity index (χ0v) is 13.4. The first-order chi connectivity index (χ1) is 9.21. The van der Waals surface area contributed by atoms with Crippen molar-refractivity contribution in [1.29, 1.82) is 0 Å². The molecule has 0 saturated heterocycles. The Labute approximate surface area is 123 Å². The van der Waals surface area contributed by atoms with Gasteiger partial charge in [0.25, 0.3) is 0 Å². The first kappa shape index (κ1) is 14.7. The minimum Gasteiger partial charge on any atom is -0.497 e. The van der Waals surface area contributed by atoms with Crippen molar-refractivity contribution in [2.75, 3.05) is 13.7 Å². The third kappa shape index (κ3) is 3.06. The van der Waals surface area contributed by atoms with Gasteiger partial charge in [-0.2, -0.15) is 0 Å². The minimum atomic E-state index is 0.218. The van der Waals surface area contributed by atoms with E-state index in [-0.39, 0.29) is 12.1 Å². The summed E-state index contributed by atoms with van der Waals surface area (Å²) in [5.74, 6) is 1.84. The van der Waals surface area contributed by atoms with Crippen LogP contribution in [0, 0.1) is 0 Å². The van der Waals surface area contributed by atoms with E-state index in [0.717, 1.165) is 41.8 Å². The van der Waals surface area contributed by atoms with Gasteiger partial charge in [-0.3, -0.25) is 0 Å². The number of hydrogen-bond donors (Lipinski definition) is 1. The molecule has 3 nitrogen and oxygen atoms in total. The molecule has 106 valence electrons. The van der Waals surface area contributed by atoms with Crippen LogP contribution in [-0.2, 0) is 0 Å². The third-order valence-corrected chi connectivity index (χ3v) is 4.03. The second kappa shape index (κ2) is 6.62. The molecule has 2 atom stereocenters. The van der Waals surface area contributed by atoms with Crippen LogP contribution < -0.4 is 14.8 Å². The Morgan fingerprint density at radius 2 is 2.11 bits per heavy atom. The van der Waals surface area contributed by atoms with Crippen LogP contribution in [0.3, 0.4) is 0 Å². The number of rotatable bonds is 6. The van der Waals surface area contributed by atoms with Crippen molar-refractivity contribution in [1.82, 2.24) is 5.32 Å². The summed E-state index contributed by atoms with van der Waals surface area (Å²) in [6.45, 7) is 5.38. The summed E-state index contributed by atoms with van der Waals surface area (Å²) < 4.78 is 12.5. The van der Waals surface area contributed by atoms with E-state index < -0.39 is 0 Å². The molecule has 1 N–H and O–H groups in total. The van der Waals surface area contributed by atoms with Gasteiger partial charge >= 0.3 is 0 Å². The molecular formula is C15H22BrNO2. The maximum Gasteiger partial charge on any atom is 0.139 e. The average Bonchev–Trinajstić information content (AvgIpc) is 2.75. The quantitative estimate of drug-likeness (QED) is 0.854. The van der Waals surface area contributed by atoms with Crippen molar-refractivity contribution < 1.29 is 9.47 Å². The Morgan fingerprint density at radius 1 is 1.32 bits per heavy atom. The number of benzene rings is 1. The lowest BCUT2D eigenvalue weighted by atomic mass is 10.00. The van der Waals surface area contributed by atoms with Crippen LogP contribution in [0.2, 0.25) is 0 Å². The van der Waals surface area contributed by atoms with Gasteiger partial charge < -0.3 is 14.8 Å². The van der Waals surface area contributed by atoms with Crippen LogP contribution in [0.5, 0.6) is 11.5 Å². The van der Waals surface area contributed by atoms with Crippen molar-refractivity contribution in [2.24, 2.45) is 0 Å². The molecule has 0 amide bonds. The molecule has 0 bridgehead atoms. The maximum absolute atomic E-state index is 6.12. The number of hydrogen-bond acceptors (Lipinski definition) is 3. The lowest BCUT2D eigenvalue weighted by molar-refractivity contribution is 0.177. The van der Waals surface area contributed by atoms with E-state index in [1.54, 1.807) is 7.11 Å². The largest absolute Gasteiger partial charge is 0.497 e. The van der Waals surface area contributed by atoms with E-state index in [1.165, 1.54) is 5.56 Å². The van der Waals surface area contributed by atoms with Crippen LogP contribution in [0.15, 0.2) is 16.6 Å². The lowest BCUT2D eigenvalue weighted by Crippen LogP contribution is -2.31. The van der Waals surface area contributed by atoms with Crippen molar-refractivity contribution >= 4 is 15.9 Å². The molecule has 0 saturated carbocycles. The predicted octanol–water partition coefficient (Wildman–Crippen LogP) is 4.06. The van der Waals surface area contributed by atoms with Crippen LogP contribution in [0.25, 0.3) is 0 Å². The van der Waals surface area contributed by atoms with Gasteiger partial charge in [-0.1, -0.05) is 20.3 Å². The molecule has 1 aliphatic heterocycles. The van der Waals surface area contributed by atoms with Crippen LogP contribution in [-0.4, -0.2) is 19.8 Å². The molecule has 19 heavy (non-hydrogen) atoms. The highest BCUT2D eigenvalue weighted by Crippen LogP contribution is 2.45. The van der Waals surface area contributed by atoms with Gasteiger partial charge in [-0.05, 0) is 47.4 Å². The summed E-state index contributed by atoms with van der Waals surface area (Å²) in [5.41, 5.74) is 1.21. The SMILES string of the molecule is CCCNC1c2cc(OC)cc(Br)c2OC1CCC.